The molecule has 3 nitrogen and oxygen atoms in total. The van der Waals surface area contributed by atoms with Gasteiger partial charge < -0.3 is 15.4 Å². The summed E-state index contributed by atoms with van der Waals surface area (Å²) in [7, 11) is 1.94. The third-order valence-corrected chi connectivity index (χ3v) is 3.32. The molecule has 0 bridgehead atoms. The van der Waals surface area contributed by atoms with Crippen molar-refractivity contribution < 1.29 is 5.11 Å². The molecular formula is C10H11BrN2O. The Morgan fingerprint density at radius 3 is 2.86 bits per heavy atom. The lowest BCUT2D eigenvalue weighted by atomic mass is 10.2. The zero-order chi connectivity index (χ0) is 10.3. The highest BCUT2D eigenvalue weighted by Gasteiger charge is 2.11. The fraction of sp³-hybridized carbons (Fsp3) is 0.200. The van der Waals surface area contributed by atoms with Gasteiger partial charge in [-0.15, -0.1) is 0 Å². The lowest BCUT2D eigenvalue weighted by molar-refractivity contribution is 0.476. The monoisotopic (exact) mass is 254 g/mol. The fourth-order valence-electron chi connectivity index (χ4n) is 1.66. The molecule has 0 unspecified atom stereocenters. The van der Waals surface area contributed by atoms with Gasteiger partial charge in [-0.05, 0) is 28.1 Å². The summed E-state index contributed by atoms with van der Waals surface area (Å²) < 4.78 is 3.00. The molecule has 0 atom stereocenters. The standard InChI is InChI=1S/C10H11BrN2O/c1-13-8-4-6(14)2-3-7(8)10(11)9(13)5-12/h2-4,14H,5,12H2,1H3. The molecule has 3 N–H and O–H groups in total. The predicted molar refractivity (Wildman–Crippen MR) is 60.2 cm³/mol. The summed E-state index contributed by atoms with van der Waals surface area (Å²) in [6, 6.07) is 5.29. The van der Waals surface area contributed by atoms with Gasteiger partial charge in [0.25, 0.3) is 0 Å². The van der Waals surface area contributed by atoms with Crippen LogP contribution in [0.3, 0.4) is 0 Å². The minimum atomic E-state index is 0.272. The van der Waals surface area contributed by atoms with Crippen molar-refractivity contribution in [1.82, 2.24) is 4.57 Å². The molecule has 4 heteroatoms. The molecule has 1 aromatic carbocycles. The SMILES string of the molecule is Cn1c(CN)c(Br)c2ccc(O)cc21. The maximum Gasteiger partial charge on any atom is 0.117 e. The topological polar surface area (TPSA) is 51.2 Å². The Kier molecular flexibility index (Phi) is 2.25. The number of phenols is 1. The number of aromatic nitrogens is 1. The lowest BCUT2D eigenvalue weighted by Crippen LogP contribution is -2.03. The maximum atomic E-state index is 9.37. The molecule has 0 saturated heterocycles. The first-order valence-electron chi connectivity index (χ1n) is 4.31. The third kappa shape index (κ3) is 1.22. The molecule has 0 radical (unpaired) electrons. The molecule has 0 fully saturated rings. The Morgan fingerprint density at radius 2 is 2.21 bits per heavy atom. The summed E-state index contributed by atoms with van der Waals surface area (Å²) in [5, 5.41) is 10.4. The van der Waals surface area contributed by atoms with E-state index in [0.29, 0.717) is 6.54 Å². The van der Waals surface area contributed by atoms with Crippen molar-refractivity contribution in [2.75, 3.05) is 0 Å². The van der Waals surface area contributed by atoms with E-state index in [2.05, 4.69) is 15.9 Å². The minimum absolute atomic E-state index is 0.272. The number of aryl methyl sites for hydroxylation is 1. The maximum absolute atomic E-state index is 9.37. The van der Waals surface area contributed by atoms with E-state index in [1.165, 1.54) is 0 Å². The van der Waals surface area contributed by atoms with Crippen molar-refractivity contribution in [3.8, 4) is 5.75 Å². The zero-order valence-corrected chi connectivity index (χ0v) is 9.37. The van der Waals surface area contributed by atoms with E-state index in [1.807, 2.05) is 17.7 Å². The largest absolute Gasteiger partial charge is 0.508 e. The van der Waals surface area contributed by atoms with Gasteiger partial charge in [0.15, 0.2) is 0 Å². The summed E-state index contributed by atoms with van der Waals surface area (Å²) in [6.07, 6.45) is 0. The van der Waals surface area contributed by atoms with Crippen LogP contribution in [-0.4, -0.2) is 9.67 Å². The van der Waals surface area contributed by atoms with E-state index in [1.54, 1.807) is 12.1 Å². The minimum Gasteiger partial charge on any atom is -0.508 e. The highest BCUT2D eigenvalue weighted by molar-refractivity contribution is 9.10. The second-order valence-corrected chi connectivity index (χ2v) is 4.02. The van der Waals surface area contributed by atoms with E-state index in [-0.39, 0.29) is 5.75 Å². The number of rotatable bonds is 1. The van der Waals surface area contributed by atoms with Crippen molar-refractivity contribution in [3.63, 3.8) is 0 Å². The first-order valence-corrected chi connectivity index (χ1v) is 5.10. The molecule has 2 rings (SSSR count). The molecule has 0 aliphatic rings. The number of halogens is 1. The highest BCUT2D eigenvalue weighted by Crippen LogP contribution is 2.31. The van der Waals surface area contributed by atoms with Crippen molar-refractivity contribution in [3.05, 3.63) is 28.4 Å². The van der Waals surface area contributed by atoms with E-state index in [9.17, 15) is 5.11 Å². The van der Waals surface area contributed by atoms with Crippen LogP contribution >= 0.6 is 15.9 Å². The molecule has 0 spiro atoms. The van der Waals surface area contributed by atoms with Crippen molar-refractivity contribution in [2.45, 2.75) is 6.54 Å². The molecule has 14 heavy (non-hydrogen) atoms. The smallest absolute Gasteiger partial charge is 0.117 e. The normalized spacial score (nSPS) is 11.1. The van der Waals surface area contributed by atoms with Crippen molar-refractivity contribution in [2.24, 2.45) is 12.8 Å². The van der Waals surface area contributed by atoms with E-state index >= 15 is 0 Å². The van der Waals surface area contributed by atoms with Crippen LogP contribution in [0.5, 0.6) is 5.75 Å². The van der Waals surface area contributed by atoms with E-state index < -0.39 is 0 Å². The number of hydrogen-bond acceptors (Lipinski definition) is 2. The Balaban J connectivity index is 2.87. The van der Waals surface area contributed by atoms with Crippen LogP contribution < -0.4 is 5.73 Å². The number of aromatic hydroxyl groups is 1. The van der Waals surface area contributed by atoms with Crippen LogP contribution in [0.15, 0.2) is 22.7 Å². The van der Waals surface area contributed by atoms with Crippen LogP contribution in [0.2, 0.25) is 0 Å². The molecule has 0 amide bonds. The quantitative estimate of drug-likeness (QED) is 0.819. The number of nitrogens with zero attached hydrogens (tertiary/aromatic N) is 1. The van der Waals surface area contributed by atoms with Gasteiger partial charge in [-0.2, -0.15) is 0 Å². The second-order valence-electron chi connectivity index (χ2n) is 3.23. The number of hydrogen-bond donors (Lipinski definition) is 2. The van der Waals surface area contributed by atoms with Gasteiger partial charge >= 0.3 is 0 Å². The molecule has 1 heterocycles. The number of benzene rings is 1. The Morgan fingerprint density at radius 1 is 1.50 bits per heavy atom. The van der Waals surface area contributed by atoms with Gasteiger partial charge in [-0.25, -0.2) is 0 Å². The molecule has 0 aliphatic carbocycles. The predicted octanol–water partition coefficient (Wildman–Crippen LogP) is 2.11. The molecule has 1 aromatic heterocycles. The van der Waals surface area contributed by atoms with Gasteiger partial charge in [0.05, 0.1) is 5.52 Å². The lowest BCUT2D eigenvalue weighted by Gasteiger charge is -2.00. The Bertz CT molecular complexity index is 490. The first kappa shape index (κ1) is 9.55. The average molecular weight is 255 g/mol. The zero-order valence-electron chi connectivity index (χ0n) is 7.79. The average Bonchev–Trinajstić information content (AvgIpc) is 2.39. The van der Waals surface area contributed by atoms with Crippen LogP contribution in [0.25, 0.3) is 10.9 Å². The van der Waals surface area contributed by atoms with E-state index in [4.69, 9.17) is 5.73 Å². The van der Waals surface area contributed by atoms with Crippen molar-refractivity contribution >= 4 is 26.8 Å². The number of nitrogens with two attached hydrogens (primary N) is 1. The van der Waals surface area contributed by atoms with Gasteiger partial charge in [-0.3, -0.25) is 0 Å². The second kappa shape index (κ2) is 3.29. The molecule has 0 aliphatic heterocycles. The number of fused-ring (bicyclic) bond motifs is 1. The summed E-state index contributed by atoms with van der Waals surface area (Å²) in [5.41, 5.74) is 7.66. The first-order chi connectivity index (χ1) is 6.65. The molecule has 0 saturated carbocycles. The van der Waals surface area contributed by atoms with Crippen LogP contribution in [0.1, 0.15) is 5.69 Å². The Hall–Kier alpha value is -1.00. The van der Waals surface area contributed by atoms with E-state index in [0.717, 1.165) is 21.1 Å². The van der Waals surface area contributed by atoms with Crippen LogP contribution in [-0.2, 0) is 13.6 Å². The summed E-state index contributed by atoms with van der Waals surface area (Å²) >= 11 is 3.50. The summed E-state index contributed by atoms with van der Waals surface area (Å²) in [4.78, 5) is 0. The molecular weight excluding hydrogens is 244 g/mol. The van der Waals surface area contributed by atoms with Crippen molar-refractivity contribution in [1.29, 1.82) is 0 Å². The van der Waals surface area contributed by atoms with Gasteiger partial charge in [0.1, 0.15) is 5.75 Å². The summed E-state index contributed by atoms with van der Waals surface area (Å²) in [5.74, 6) is 0.272. The number of phenolic OH excluding ortho intramolecular Hbond substituents is 1. The van der Waals surface area contributed by atoms with Crippen LogP contribution in [0.4, 0.5) is 0 Å². The highest BCUT2D eigenvalue weighted by atomic mass is 79.9. The summed E-state index contributed by atoms with van der Waals surface area (Å²) in [6.45, 7) is 0.479. The van der Waals surface area contributed by atoms with Gasteiger partial charge in [-0.1, -0.05) is 0 Å². The molecule has 2 aromatic rings. The third-order valence-electron chi connectivity index (χ3n) is 2.43. The van der Waals surface area contributed by atoms with Gasteiger partial charge in [0.2, 0.25) is 0 Å². The fourth-order valence-corrected chi connectivity index (χ4v) is 2.42. The van der Waals surface area contributed by atoms with Gasteiger partial charge in [0, 0.05) is 35.2 Å². The Labute approximate surface area is 90.3 Å². The van der Waals surface area contributed by atoms with Crippen LogP contribution in [0, 0.1) is 0 Å². The molecule has 74 valence electrons.